The van der Waals surface area contributed by atoms with Gasteiger partial charge in [-0.1, -0.05) is 65.0 Å². The van der Waals surface area contributed by atoms with Gasteiger partial charge in [0.05, 0.1) is 5.56 Å². The van der Waals surface area contributed by atoms with E-state index in [0.29, 0.717) is 17.0 Å². The van der Waals surface area contributed by atoms with Crippen molar-refractivity contribution >= 4 is 5.97 Å². The number of carboxylic acid groups (broad SMARTS) is 1. The predicted molar refractivity (Wildman–Crippen MR) is 112 cm³/mol. The van der Waals surface area contributed by atoms with Crippen LogP contribution in [-0.4, -0.2) is 36.2 Å². The average molecular weight is 427 g/mol. The zero-order chi connectivity index (χ0) is 22.1. The molecule has 0 aliphatic carbocycles. The third-order valence-corrected chi connectivity index (χ3v) is 4.82. The molecule has 0 amide bonds. The highest BCUT2D eigenvalue weighted by molar-refractivity contribution is 5.88. The molecule has 0 saturated carbocycles. The normalized spacial score (nSPS) is 10.9. The van der Waals surface area contributed by atoms with Gasteiger partial charge in [-0.25, -0.2) is 13.9 Å². The predicted octanol–water partition coefficient (Wildman–Crippen LogP) is 4.49. The quantitative estimate of drug-likeness (QED) is 0.440. The second-order valence-electron chi connectivity index (χ2n) is 6.82. The molecule has 0 saturated heterocycles. The maximum atomic E-state index is 14.5. The van der Waals surface area contributed by atoms with Crippen LogP contribution in [0.25, 0.3) is 39.9 Å². The van der Waals surface area contributed by atoms with Crippen LogP contribution in [0.3, 0.4) is 0 Å². The van der Waals surface area contributed by atoms with Crippen LogP contribution in [0.1, 0.15) is 10.4 Å². The minimum absolute atomic E-state index is 0.101. The van der Waals surface area contributed by atoms with Crippen molar-refractivity contribution in [1.29, 1.82) is 0 Å². The number of rotatable bonds is 5. The largest absolute Gasteiger partial charge is 0.478 e. The van der Waals surface area contributed by atoms with Gasteiger partial charge in [-0.3, -0.25) is 0 Å². The van der Waals surface area contributed by atoms with Crippen LogP contribution in [0.2, 0.25) is 0 Å². The van der Waals surface area contributed by atoms with Crippen LogP contribution >= 0.6 is 0 Å². The van der Waals surface area contributed by atoms with E-state index >= 15 is 0 Å². The molecule has 0 radical (unpaired) electrons. The molecule has 0 aliphatic rings. The monoisotopic (exact) mass is 427 g/mol. The molecule has 32 heavy (non-hydrogen) atoms. The Bertz CT molecular complexity index is 1410. The summed E-state index contributed by atoms with van der Waals surface area (Å²) in [6.07, 6.45) is 0. The van der Waals surface area contributed by atoms with E-state index in [1.54, 1.807) is 30.3 Å². The summed E-state index contributed by atoms with van der Waals surface area (Å²) in [6, 6.07) is 21.6. The maximum absolute atomic E-state index is 14.5. The van der Waals surface area contributed by atoms with E-state index in [-0.39, 0.29) is 23.0 Å². The van der Waals surface area contributed by atoms with Gasteiger partial charge in [0, 0.05) is 11.1 Å². The molecule has 0 bridgehead atoms. The lowest BCUT2D eigenvalue weighted by atomic mass is 10.1. The zero-order valence-electron chi connectivity index (χ0n) is 16.4. The lowest BCUT2D eigenvalue weighted by molar-refractivity contribution is 0.0697. The molecule has 9 heteroatoms. The number of hydrogen-bond acceptors (Lipinski definition) is 6. The molecule has 2 heterocycles. The fourth-order valence-electron chi connectivity index (χ4n) is 3.27. The van der Waals surface area contributed by atoms with Crippen molar-refractivity contribution in [2.24, 2.45) is 0 Å². The molecule has 0 atom stereocenters. The van der Waals surface area contributed by atoms with Crippen molar-refractivity contribution < 1.29 is 18.8 Å². The first-order chi connectivity index (χ1) is 15.6. The first-order valence-electron chi connectivity index (χ1n) is 9.55. The summed E-state index contributed by atoms with van der Waals surface area (Å²) in [5.74, 6) is -1.12. The number of nitrogens with zero attached hydrogens (tertiary/aromatic N) is 5. The Morgan fingerprint density at radius 2 is 1.62 bits per heavy atom. The lowest BCUT2D eigenvalue weighted by Gasteiger charge is -2.08. The topological polar surface area (TPSA) is 107 Å². The molecule has 8 nitrogen and oxygen atoms in total. The van der Waals surface area contributed by atoms with Gasteiger partial charge >= 0.3 is 5.97 Å². The molecular weight excluding hydrogens is 413 g/mol. The fraction of sp³-hybridized carbons (Fsp3) is 0. The second-order valence-corrected chi connectivity index (χ2v) is 6.82. The number of carboxylic acids is 1. The van der Waals surface area contributed by atoms with E-state index in [9.17, 15) is 9.18 Å². The van der Waals surface area contributed by atoms with Gasteiger partial charge in [-0.15, -0.1) is 5.10 Å². The molecule has 5 rings (SSSR count). The Labute approximate surface area is 180 Å². The van der Waals surface area contributed by atoms with E-state index in [1.807, 2.05) is 30.3 Å². The summed E-state index contributed by atoms with van der Waals surface area (Å²) in [4.78, 5) is 15.5. The summed E-state index contributed by atoms with van der Waals surface area (Å²) >= 11 is 0. The van der Waals surface area contributed by atoms with Crippen LogP contribution in [0.4, 0.5) is 4.39 Å². The third-order valence-electron chi connectivity index (χ3n) is 4.82. The standard InChI is InChI=1S/C23H14FN5O3/c24-17-8-4-5-9-18(17)29-20(14-6-2-1-3-7-14)19(26-28-29)22-25-21(27-32-22)15-10-12-16(13-11-15)23(30)31/h1-13H,(H,30,31). The molecular formula is C23H14FN5O3. The Hall–Kier alpha value is -4.66. The van der Waals surface area contributed by atoms with Crippen molar-refractivity contribution in [2.75, 3.05) is 0 Å². The average Bonchev–Trinajstić information content (AvgIpc) is 3.47. The van der Waals surface area contributed by atoms with Crippen LogP contribution < -0.4 is 0 Å². The number of aromatic nitrogens is 5. The van der Waals surface area contributed by atoms with Crippen molar-refractivity contribution in [3.05, 3.63) is 90.2 Å². The maximum Gasteiger partial charge on any atom is 0.335 e. The van der Waals surface area contributed by atoms with Crippen LogP contribution in [-0.2, 0) is 0 Å². The van der Waals surface area contributed by atoms with Gasteiger partial charge in [0.25, 0.3) is 5.89 Å². The zero-order valence-corrected chi connectivity index (χ0v) is 16.4. The molecule has 1 N–H and O–H groups in total. The molecule has 5 aromatic rings. The highest BCUT2D eigenvalue weighted by Gasteiger charge is 2.24. The first kappa shape index (κ1) is 19.3. The van der Waals surface area contributed by atoms with E-state index in [0.717, 1.165) is 5.56 Å². The summed E-state index contributed by atoms with van der Waals surface area (Å²) in [7, 11) is 0. The number of carbonyl (C=O) groups is 1. The van der Waals surface area contributed by atoms with Crippen molar-refractivity contribution in [1.82, 2.24) is 25.1 Å². The van der Waals surface area contributed by atoms with E-state index < -0.39 is 11.8 Å². The van der Waals surface area contributed by atoms with Crippen molar-refractivity contribution in [3.8, 4) is 39.9 Å². The Balaban J connectivity index is 1.62. The fourth-order valence-corrected chi connectivity index (χ4v) is 3.27. The van der Waals surface area contributed by atoms with Crippen LogP contribution in [0.15, 0.2) is 83.4 Å². The minimum Gasteiger partial charge on any atom is -0.478 e. The highest BCUT2D eigenvalue weighted by Crippen LogP contribution is 2.32. The SMILES string of the molecule is O=C(O)c1ccc(-c2noc(-c3nnn(-c4ccccc4F)c3-c3ccccc3)n2)cc1. The van der Waals surface area contributed by atoms with Gasteiger partial charge in [-0.05, 0) is 24.3 Å². The summed E-state index contributed by atoms with van der Waals surface area (Å²) < 4.78 is 21.3. The Morgan fingerprint density at radius 3 is 2.34 bits per heavy atom. The Kier molecular flexibility index (Phi) is 4.75. The second kappa shape index (κ2) is 7.88. The van der Waals surface area contributed by atoms with Crippen LogP contribution in [0.5, 0.6) is 0 Å². The number of halogens is 1. The number of benzene rings is 3. The lowest BCUT2D eigenvalue weighted by Crippen LogP contribution is -2.02. The molecule has 0 aliphatic heterocycles. The van der Waals surface area contributed by atoms with Crippen molar-refractivity contribution in [3.63, 3.8) is 0 Å². The summed E-state index contributed by atoms with van der Waals surface area (Å²) in [5.41, 5.74) is 2.48. The van der Waals surface area contributed by atoms with Gasteiger partial charge in [0.1, 0.15) is 17.2 Å². The van der Waals surface area contributed by atoms with E-state index in [1.165, 1.54) is 22.9 Å². The van der Waals surface area contributed by atoms with Gasteiger partial charge < -0.3 is 9.63 Å². The third kappa shape index (κ3) is 3.41. The van der Waals surface area contributed by atoms with E-state index in [4.69, 9.17) is 9.63 Å². The smallest absolute Gasteiger partial charge is 0.335 e. The van der Waals surface area contributed by atoms with Gasteiger partial charge in [-0.2, -0.15) is 4.98 Å². The molecule has 0 unspecified atom stereocenters. The van der Waals surface area contributed by atoms with E-state index in [2.05, 4.69) is 20.5 Å². The molecule has 0 fully saturated rings. The van der Waals surface area contributed by atoms with Gasteiger partial charge in [0.15, 0.2) is 5.69 Å². The Morgan fingerprint density at radius 1 is 0.906 bits per heavy atom. The van der Waals surface area contributed by atoms with Gasteiger partial charge in [0.2, 0.25) is 5.82 Å². The molecule has 2 aromatic heterocycles. The number of para-hydroxylation sites is 1. The molecule has 156 valence electrons. The van der Waals surface area contributed by atoms with Crippen molar-refractivity contribution in [2.45, 2.75) is 0 Å². The first-order valence-corrected chi connectivity index (χ1v) is 9.55. The minimum atomic E-state index is -1.03. The summed E-state index contributed by atoms with van der Waals surface area (Å²) in [5, 5.41) is 21.4. The number of aromatic carboxylic acids is 1. The summed E-state index contributed by atoms with van der Waals surface area (Å²) in [6.45, 7) is 0. The molecule has 3 aromatic carbocycles. The molecule has 0 spiro atoms. The highest BCUT2D eigenvalue weighted by atomic mass is 19.1. The number of hydrogen-bond donors (Lipinski definition) is 1. The van der Waals surface area contributed by atoms with Crippen LogP contribution in [0, 0.1) is 5.82 Å².